The molecular weight excluding hydrogens is 335 g/mol. The van der Waals surface area contributed by atoms with E-state index >= 15 is 0 Å². The maximum atomic E-state index is 11.3. The fourth-order valence-electron chi connectivity index (χ4n) is 1.67. The summed E-state index contributed by atoms with van der Waals surface area (Å²) in [6, 6.07) is 0. The summed E-state index contributed by atoms with van der Waals surface area (Å²) in [6.07, 6.45) is 5.99. The number of carbonyl (C=O) groups excluding carboxylic acids is 2. The fraction of sp³-hybridized carbons (Fsp3) is 0.857. The van der Waals surface area contributed by atoms with Crippen LogP contribution in [0.4, 0.5) is 0 Å². The molecule has 0 aromatic carbocycles. The zero-order valence-electron chi connectivity index (χ0n) is 14.0. The molecule has 0 saturated heterocycles. The van der Waals surface area contributed by atoms with Crippen molar-refractivity contribution >= 4 is 22.1 Å². The van der Waals surface area contributed by atoms with E-state index in [1.54, 1.807) is 0 Å². The molecule has 0 aromatic heterocycles. The van der Waals surface area contributed by atoms with Crippen LogP contribution < -0.4 is 29.6 Å². The molecule has 0 unspecified atom stereocenters. The minimum absolute atomic E-state index is 0. The molecule has 0 heterocycles. The van der Waals surface area contributed by atoms with Crippen LogP contribution in [-0.4, -0.2) is 43.9 Å². The van der Waals surface area contributed by atoms with Crippen molar-refractivity contribution in [1.29, 1.82) is 0 Å². The van der Waals surface area contributed by atoms with E-state index in [2.05, 4.69) is 11.7 Å². The molecule has 0 atom stereocenters. The molecule has 0 radical (unpaired) electrons. The van der Waals surface area contributed by atoms with Crippen molar-refractivity contribution < 1.29 is 61.6 Å². The number of rotatable bonds is 13. The first-order chi connectivity index (χ1) is 10.3. The maximum absolute atomic E-state index is 11.3. The molecule has 0 bridgehead atoms. The Hall–Kier alpha value is -0.150. The number of unbranched alkanes of at least 4 members (excludes halogenated alkanes) is 5. The molecule has 0 aliphatic heterocycles. The van der Waals surface area contributed by atoms with Gasteiger partial charge in [0.15, 0.2) is 0 Å². The van der Waals surface area contributed by atoms with Gasteiger partial charge in [-0.25, -0.2) is 8.42 Å². The molecule has 0 fully saturated rings. The molecule has 0 aromatic rings. The Bertz CT molecular complexity index is 423. The van der Waals surface area contributed by atoms with Gasteiger partial charge >= 0.3 is 41.5 Å². The molecule has 0 aliphatic carbocycles. The molecular formula is C14H25NaO7S. The first-order valence-electron chi connectivity index (χ1n) is 7.60. The third kappa shape index (κ3) is 19.8. The Labute approximate surface area is 160 Å². The zero-order chi connectivity index (χ0) is 16.8. The van der Waals surface area contributed by atoms with Crippen molar-refractivity contribution in [2.75, 3.05) is 19.0 Å². The fourth-order valence-corrected chi connectivity index (χ4v) is 2.09. The standard InChI is InChI=1S/C14H26O7S.Na/c1-2-3-4-5-6-7-10-20-13(15)8-11-21-14(16)9-12-22(17,18)19;/h2-12H2,1H3,(H,17,18,19);/q;+1/p-1. The third-order valence-electron chi connectivity index (χ3n) is 2.89. The van der Waals surface area contributed by atoms with Crippen LogP contribution in [0.3, 0.4) is 0 Å². The van der Waals surface area contributed by atoms with Crippen molar-refractivity contribution in [3.63, 3.8) is 0 Å². The molecule has 0 saturated carbocycles. The maximum Gasteiger partial charge on any atom is 1.00 e. The quantitative estimate of drug-likeness (QED) is 0.175. The van der Waals surface area contributed by atoms with Crippen LogP contribution in [0.5, 0.6) is 0 Å². The second-order valence-corrected chi connectivity index (χ2v) is 6.49. The van der Waals surface area contributed by atoms with E-state index in [0.29, 0.717) is 6.61 Å². The van der Waals surface area contributed by atoms with Gasteiger partial charge in [-0.1, -0.05) is 39.0 Å². The Morgan fingerprint density at radius 1 is 0.870 bits per heavy atom. The Morgan fingerprint density at radius 2 is 1.39 bits per heavy atom. The Morgan fingerprint density at radius 3 is 2.00 bits per heavy atom. The van der Waals surface area contributed by atoms with E-state index in [1.807, 2.05) is 0 Å². The zero-order valence-corrected chi connectivity index (χ0v) is 16.9. The number of hydrogen-bond donors (Lipinski definition) is 0. The van der Waals surface area contributed by atoms with Gasteiger partial charge in [-0.2, -0.15) is 0 Å². The van der Waals surface area contributed by atoms with E-state index in [0.717, 1.165) is 19.3 Å². The minimum atomic E-state index is -4.43. The SMILES string of the molecule is CCCCCCCCOC(=O)CCOC(=O)CCS(=O)(=O)[O-].[Na+]. The first kappa shape index (κ1) is 25.1. The molecule has 0 rings (SSSR count). The first-order valence-corrected chi connectivity index (χ1v) is 9.17. The molecule has 0 spiro atoms. The van der Waals surface area contributed by atoms with Crippen molar-refractivity contribution in [1.82, 2.24) is 0 Å². The summed E-state index contributed by atoms with van der Waals surface area (Å²) in [5.74, 6) is -2.07. The smallest absolute Gasteiger partial charge is 0.748 e. The van der Waals surface area contributed by atoms with Crippen molar-refractivity contribution in [3.8, 4) is 0 Å². The number of esters is 2. The van der Waals surface area contributed by atoms with Crippen LogP contribution in [0.25, 0.3) is 0 Å². The van der Waals surface area contributed by atoms with E-state index in [1.165, 1.54) is 19.3 Å². The second-order valence-electron chi connectivity index (χ2n) is 4.97. The van der Waals surface area contributed by atoms with Gasteiger partial charge in [-0.15, -0.1) is 0 Å². The van der Waals surface area contributed by atoms with Gasteiger partial charge in [0, 0.05) is 5.75 Å². The minimum Gasteiger partial charge on any atom is -0.748 e. The average molecular weight is 360 g/mol. The summed E-state index contributed by atoms with van der Waals surface area (Å²) in [4.78, 5) is 22.4. The van der Waals surface area contributed by atoms with Crippen LogP contribution in [-0.2, 0) is 29.2 Å². The molecule has 0 amide bonds. The molecule has 130 valence electrons. The van der Waals surface area contributed by atoms with E-state index in [9.17, 15) is 22.6 Å². The van der Waals surface area contributed by atoms with Gasteiger partial charge in [0.1, 0.15) is 6.61 Å². The Kier molecular flexibility index (Phi) is 16.8. The summed E-state index contributed by atoms with van der Waals surface area (Å²) in [6.45, 7) is 2.33. The van der Waals surface area contributed by atoms with Crippen molar-refractivity contribution in [2.45, 2.75) is 58.3 Å². The second kappa shape index (κ2) is 15.4. The van der Waals surface area contributed by atoms with Crippen LogP contribution >= 0.6 is 0 Å². The van der Waals surface area contributed by atoms with E-state index < -0.39 is 34.2 Å². The topological polar surface area (TPSA) is 110 Å². The summed E-state index contributed by atoms with van der Waals surface area (Å²) in [5, 5.41) is 0. The van der Waals surface area contributed by atoms with Crippen molar-refractivity contribution in [3.05, 3.63) is 0 Å². The largest absolute Gasteiger partial charge is 1.00 e. The number of ether oxygens (including phenoxy) is 2. The van der Waals surface area contributed by atoms with Gasteiger partial charge in [0.2, 0.25) is 0 Å². The van der Waals surface area contributed by atoms with Crippen LogP contribution in [0.15, 0.2) is 0 Å². The van der Waals surface area contributed by atoms with E-state index in [-0.39, 0.29) is 42.6 Å². The summed E-state index contributed by atoms with van der Waals surface area (Å²) in [5.41, 5.74) is 0. The van der Waals surface area contributed by atoms with Crippen LogP contribution in [0.2, 0.25) is 0 Å². The third-order valence-corrected chi connectivity index (χ3v) is 3.59. The molecule has 7 nitrogen and oxygen atoms in total. The number of hydrogen-bond acceptors (Lipinski definition) is 7. The molecule has 0 aliphatic rings. The van der Waals surface area contributed by atoms with Crippen LogP contribution in [0, 0.1) is 0 Å². The van der Waals surface area contributed by atoms with Gasteiger partial charge in [-0.05, 0) is 6.42 Å². The summed E-state index contributed by atoms with van der Waals surface area (Å²) >= 11 is 0. The van der Waals surface area contributed by atoms with Gasteiger partial charge in [0.05, 0.1) is 29.6 Å². The summed E-state index contributed by atoms with van der Waals surface area (Å²) < 4.78 is 40.5. The van der Waals surface area contributed by atoms with Gasteiger partial charge in [-0.3, -0.25) is 9.59 Å². The van der Waals surface area contributed by atoms with E-state index in [4.69, 9.17) is 4.74 Å². The van der Waals surface area contributed by atoms with Crippen molar-refractivity contribution in [2.24, 2.45) is 0 Å². The molecule has 0 N–H and O–H groups in total. The van der Waals surface area contributed by atoms with Crippen LogP contribution in [0.1, 0.15) is 58.3 Å². The monoisotopic (exact) mass is 360 g/mol. The normalized spacial score (nSPS) is 10.7. The average Bonchev–Trinajstić information content (AvgIpc) is 2.43. The predicted octanol–water partition coefficient (Wildman–Crippen LogP) is -1.24. The van der Waals surface area contributed by atoms with Gasteiger partial charge in [0.25, 0.3) is 0 Å². The number of carbonyl (C=O) groups is 2. The Balaban J connectivity index is 0. The molecule has 23 heavy (non-hydrogen) atoms. The predicted molar refractivity (Wildman–Crippen MR) is 79.1 cm³/mol. The summed E-state index contributed by atoms with van der Waals surface area (Å²) in [7, 11) is -4.43. The molecule has 9 heteroatoms. The van der Waals surface area contributed by atoms with Gasteiger partial charge < -0.3 is 14.0 Å².